The van der Waals surface area contributed by atoms with Gasteiger partial charge in [0.2, 0.25) is 5.91 Å². The summed E-state index contributed by atoms with van der Waals surface area (Å²) in [6.07, 6.45) is 0. The molecule has 2 heterocycles. The van der Waals surface area contributed by atoms with Crippen LogP contribution in [0.15, 0.2) is 63.5 Å². The molecule has 7 heteroatoms. The zero-order valence-electron chi connectivity index (χ0n) is 18.5. The first-order valence-corrected chi connectivity index (χ1v) is 11.3. The van der Waals surface area contributed by atoms with Gasteiger partial charge in [0.1, 0.15) is 11.2 Å². The van der Waals surface area contributed by atoms with Crippen molar-refractivity contribution in [3.8, 4) is 5.69 Å². The van der Waals surface area contributed by atoms with Crippen LogP contribution >= 0.6 is 11.3 Å². The first kappa shape index (κ1) is 21.8. The van der Waals surface area contributed by atoms with Gasteiger partial charge in [-0.25, -0.2) is 9.36 Å². The molecule has 0 saturated heterocycles. The van der Waals surface area contributed by atoms with Gasteiger partial charge in [0.05, 0.1) is 11.2 Å². The lowest BCUT2D eigenvalue weighted by Gasteiger charge is -2.14. The highest BCUT2D eigenvalue weighted by atomic mass is 32.1. The number of aryl methyl sites for hydroxylation is 2. The van der Waals surface area contributed by atoms with Crippen molar-refractivity contribution in [3.63, 3.8) is 0 Å². The monoisotopic (exact) mass is 447 g/mol. The van der Waals surface area contributed by atoms with E-state index in [1.54, 1.807) is 17.5 Å². The summed E-state index contributed by atoms with van der Waals surface area (Å²) < 4.78 is 2.96. The standard InChI is InChI=1S/C25H25N3O3S/c1-15(2)18-6-5-7-19(13-18)26-22(29)14-27-21-10-11-32-23(21)24(30)28(25(27)31)20-9-8-16(3)17(4)12-20/h5-13,15H,14H2,1-4H3,(H,26,29). The summed E-state index contributed by atoms with van der Waals surface area (Å²) in [7, 11) is 0. The van der Waals surface area contributed by atoms with E-state index in [4.69, 9.17) is 0 Å². The summed E-state index contributed by atoms with van der Waals surface area (Å²) in [5, 5.41) is 4.64. The van der Waals surface area contributed by atoms with Crippen molar-refractivity contribution in [1.29, 1.82) is 0 Å². The van der Waals surface area contributed by atoms with Crippen LogP contribution in [0.2, 0.25) is 0 Å². The quantitative estimate of drug-likeness (QED) is 0.486. The fourth-order valence-electron chi connectivity index (χ4n) is 3.65. The average molecular weight is 448 g/mol. The summed E-state index contributed by atoms with van der Waals surface area (Å²) in [5.74, 6) is 0.00668. The van der Waals surface area contributed by atoms with E-state index in [0.29, 0.717) is 27.5 Å². The molecular weight excluding hydrogens is 422 g/mol. The topological polar surface area (TPSA) is 73.1 Å². The minimum atomic E-state index is -0.532. The Hall–Kier alpha value is -3.45. The Kier molecular flexibility index (Phi) is 5.84. The SMILES string of the molecule is Cc1ccc(-n2c(=O)c3sccc3n(CC(=O)Nc3cccc(C(C)C)c3)c2=O)cc1C. The first-order valence-electron chi connectivity index (χ1n) is 10.5. The minimum Gasteiger partial charge on any atom is -0.325 e. The highest BCUT2D eigenvalue weighted by Crippen LogP contribution is 2.20. The van der Waals surface area contributed by atoms with Crippen LogP contribution in [0.3, 0.4) is 0 Å². The number of anilines is 1. The molecule has 0 aliphatic heterocycles. The van der Waals surface area contributed by atoms with Gasteiger partial charge in [0.25, 0.3) is 5.56 Å². The number of benzene rings is 2. The third-order valence-corrected chi connectivity index (χ3v) is 6.53. The molecule has 0 aliphatic carbocycles. The summed E-state index contributed by atoms with van der Waals surface area (Å²) in [4.78, 5) is 39.3. The maximum atomic E-state index is 13.4. The first-order chi connectivity index (χ1) is 15.3. The van der Waals surface area contributed by atoms with E-state index >= 15 is 0 Å². The Morgan fingerprint density at radius 2 is 1.81 bits per heavy atom. The highest BCUT2D eigenvalue weighted by molar-refractivity contribution is 7.17. The number of fused-ring (bicyclic) bond motifs is 1. The van der Waals surface area contributed by atoms with Gasteiger partial charge in [0, 0.05) is 5.69 Å². The van der Waals surface area contributed by atoms with Crippen LogP contribution in [0.25, 0.3) is 15.9 Å². The zero-order valence-corrected chi connectivity index (χ0v) is 19.3. The molecule has 0 bridgehead atoms. The average Bonchev–Trinajstić information content (AvgIpc) is 3.24. The van der Waals surface area contributed by atoms with Crippen molar-refractivity contribution in [3.05, 3.63) is 91.4 Å². The van der Waals surface area contributed by atoms with Gasteiger partial charge in [0.15, 0.2) is 0 Å². The van der Waals surface area contributed by atoms with E-state index in [-0.39, 0.29) is 18.0 Å². The molecule has 164 valence electrons. The second-order valence-corrected chi connectivity index (χ2v) is 9.16. The van der Waals surface area contributed by atoms with Gasteiger partial charge in [-0.15, -0.1) is 11.3 Å². The number of hydrogen-bond acceptors (Lipinski definition) is 4. The van der Waals surface area contributed by atoms with Gasteiger partial charge in [-0.1, -0.05) is 32.0 Å². The van der Waals surface area contributed by atoms with Gasteiger partial charge in [-0.05, 0) is 72.2 Å². The van der Waals surface area contributed by atoms with Crippen LogP contribution in [0.1, 0.15) is 36.5 Å². The van der Waals surface area contributed by atoms with Crippen LogP contribution < -0.4 is 16.6 Å². The number of amides is 1. The Morgan fingerprint density at radius 3 is 2.53 bits per heavy atom. The molecule has 0 spiro atoms. The largest absolute Gasteiger partial charge is 0.336 e. The number of carbonyl (C=O) groups excluding carboxylic acids is 1. The second-order valence-electron chi connectivity index (χ2n) is 8.24. The molecule has 2 aromatic heterocycles. The Morgan fingerprint density at radius 1 is 1.03 bits per heavy atom. The molecule has 0 fully saturated rings. The molecule has 6 nitrogen and oxygen atoms in total. The van der Waals surface area contributed by atoms with Crippen molar-refractivity contribution in [2.24, 2.45) is 0 Å². The molecule has 4 aromatic rings. The molecule has 4 rings (SSSR count). The van der Waals surface area contributed by atoms with E-state index < -0.39 is 5.69 Å². The number of hydrogen-bond donors (Lipinski definition) is 1. The fraction of sp³-hybridized carbons (Fsp3) is 0.240. The van der Waals surface area contributed by atoms with E-state index in [2.05, 4.69) is 19.2 Å². The number of carbonyl (C=O) groups is 1. The van der Waals surface area contributed by atoms with Crippen molar-refractivity contribution in [1.82, 2.24) is 9.13 Å². The van der Waals surface area contributed by atoms with Gasteiger partial charge >= 0.3 is 5.69 Å². The number of nitrogens with one attached hydrogen (secondary N) is 1. The van der Waals surface area contributed by atoms with Crippen LogP contribution in [0.5, 0.6) is 0 Å². The van der Waals surface area contributed by atoms with Gasteiger partial charge < -0.3 is 5.32 Å². The summed E-state index contributed by atoms with van der Waals surface area (Å²) in [6.45, 7) is 7.89. The number of rotatable bonds is 5. The van der Waals surface area contributed by atoms with Crippen molar-refractivity contribution < 1.29 is 4.79 Å². The number of nitrogens with zero attached hydrogens (tertiary/aromatic N) is 2. The third-order valence-electron chi connectivity index (χ3n) is 5.64. The molecule has 2 aromatic carbocycles. The molecule has 0 aliphatic rings. The molecular formula is C25H25N3O3S. The summed E-state index contributed by atoms with van der Waals surface area (Å²) in [5.41, 5.74) is 3.91. The molecule has 0 unspecified atom stereocenters. The van der Waals surface area contributed by atoms with Gasteiger partial charge in [-0.2, -0.15) is 0 Å². The van der Waals surface area contributed by atoms with Crippen molar-refractivity contribution >= 4 is 33.1 Å². The van der Waals surface area contributed by atoms with Crippen molar-refractivity contribution in [2.45, 2.75) is 40.2 Å². The maximum Gasteiger partial charge on any atom is 0.336 e. The highest BCUT2D eigenvalue weighted by Gasteiger charge is 2.18. The van der Waals surface area contributed by atoms with E-state index in [1.165, 1.54) is 15.9 Å². The Balaban J connectivity index is 1.76. The predicted molar refractivity (Wildman–Crippen MR) is 130 cm³/mol. The summed E-state index contributed by atoms with van der Waals surface area (Å²) >= 11 is 1.26. The smallest absolute Gasteiger partial charge is 0.325 e. The molecule has 0 radical (unpaired) electrons. The lowest BCUT2D eigenvalue weighted by Crippen LogP contribution is -2.40. The number of thiophene rings is 1. The Labute approximate surface area is 189 Å². The summed E-state index contributed by atoms with van der Waals surface area (Å²) in [6, 6.07) is 14.8. The molecule has 0 saturated carbocycles. The van der Waals surface area contributed by atoms with Crippen LogP contribution in [-0.2, 0) is 11.3 Å². The molecule has 1 N–H and O–H groups in total. The molecule has 0 atom stereocenters. The predicted octanol–water partition coefficient (Wildman–Crippen LogP) is 4.59. The second kappa shape index (κ2) is 8.59. The molecule has 32 heavy (non-hydrogen) atoms. The van der Waals surface area contributed by atoms with E-state index in [9.17, 15) is 14.4 Å². The number of aromatic nitrogens is 2. The van der Waals surface area contributed by atoms with Crippen LogP contribution in [0, 0.1) is 13.8 Å². The van der Waals surface area contributed by atoms with Crippen LogP contribution in [-0.4, -0.2) is 15.0 Å². The van der Waals surface area contributed by atoms with E-state index in [1.807, 2.05) is 50.2 Å². The van der Waals surface area contributed by atoms with Crippen LogP contribution in [0.4, 0.5) is 5.69 Å². The lowest BCUT2D eigenvalue weighted by atomic mass is 10.0. The van der Waals surface area contributed by atoms with Crippen molar-refractivity contribution in [2.75, 3.05) is 5.32 Å². The van der Waals surface area contributed by atoms with E-state index in [0.717, 1.165) is 21.3 Å². The maximum absolute atomic E-state index is 13.4. The third kappa shape index (κ3) is 4.03. The minimum absolute atomic E-state index is 0.191. The molecule has 1 amide bonds. The fourth-order valence-corrected chi connectivity index (χ4v) is 4.48. The Bertz CT molecular complexity index is 1440. The zero-order chi connectivity index (χ0) is 23.0. The lowest BCUT2D eigenvalue weighted by molar-refractivity contribution is -0.116. The normalized spacial score (nSPS) is 11.3. The van der Waals surface area contributed by atoms with Gasteiger partial charge in [-0.3, -0.25) is 14.2 Å².